The molecular weight excluding hydrogens is 889 g/mol. The molecule has 0 saturated heterocycles. The molecule has 0 spiro atoms. The third-order valence-corrected chi connectivity index (χ3v) is 10.4. The molecule has 0 saturated carbocycles. The molecule has 1 aliphatic carbocycles. The minimum Gasteiger partial charge on any atom is -0.504 e. The second kappa shape index (κ2) is 23.4. The second-order valence-electron chi connectivity index (χ2n) is 13.6. The van der Waals surface area contributed by atoms with Gasteiger partial charge in [-0.2, -0.15) is 15.4 Å². The number of phenols is 2. The monoisotopic (exact) mass is 934 g/mol. The minimum atomic E-state index is -1.42. The molecule has 2 aromatic heterocycles. The van der Waals surface area contributed by atoms with Crippen molar-refractivity contribution in [3.8, 4) is 23.0 Å². The van der Waals surface area contributed by atoms with E-state index in [-0.39, 0.29) is 69.1 Å². The zero-order valence-corrected chi connectivity index (χ0v) is 37.4. The normalized spacial score (nSPS) is 14.0. The number of carbonyl (C=O) groups is 6. The van der Waals surface area contributed by atoms with Gasteiger partial charge >= 0.3 is 5.97 Å². The van der Waals surface area contributed by atoms with Gasteiger partial charge in [0.25, 0.3) is 23.6 Å². The van der Waals surface area contributed by atoms with Crippen molar-refractivity contribution in [3.63, 3.8) is 0 Å². The van der Waals surface area contributed by atoms with E-state index in [4.69, 9.17) is 9.47 Å². The molecule has 7 rings (SSSR count). The SMILES string of the molecule is CC.CCc1cn[nH]n1.COc1c(NC(=O)c2ccc(NC(=O)c3ccc(NC(=O)CNC(=O)c4ccc(NC(=O)C5=CC6SC=NC6C=C5)cc4)cn3)c(OC)c2O)ccc(C(=O)O)c1O. The number of amides is 5. The minimum absolute atomic E-state index is 0.0246. The molecule has 0 fully saturated rings. The van der Waals surface area contributed by atoms with E-state index in [1.54, 1.807) is 41.7 Å². The number of benzene rings is 3. The highest BCUT2D eigenvalue weighted by Gasteiger charge is 2.27. The van der Waals surface area contributed by atoms with Gasteiger partial charge in [0.2, 0.25) is 5.91 Å². The lowest BCUT2D eigenvalue weighted by atomic mass is 10.0. The van der Waals surface area contributed by atoms with Crippen LogP contribution in [0, 0.1) is 0 Å². The van der Waals surface area contributed by atoms with Crippen LogP contribution in [0.3, 0.4) is 0 Å². The van der Waals surface area contributed by atoms with Crippen LogP contribution in [0.2, 0.25) is 0 Å². The number of carbonyl (C=O) groups excluding carboxylic acids is 5. The number of anilines is 4. The molecular formula is C45H46N10O11S. The van der Waals surface area contributed by atoms with Crippen LogP contribution in [-0.4, -0.2) is 109 Å². The van der Waals surface area contributed by atoms with Crippen LogP contribution in [0.4, 0.5) is 22.7 Å². The Kier molecular flexibility index (Phi) is 17.3. The first-order valence-corrected chi connectivity index (χ1v) is 21.3. The van der Waals surface area contributed by atoms with Crippen molar-refractivity contribution >= 4 is 75.6 Å². The van der Waals surface area contributed by atoms with Crippen molar-refractivity contribution in [2.45, 2.75) is 38.5 Å². The van der Waals surface area contributed by atoms with E-state index < -0.39 is 46.7 Å². The van der Waals surface area contributed by atoms with Crippen LogP contribution < -0.4 is 36.1 Å². The summed E-state index contributed by atoms with van der Waals surface area (Å²) >= 11 is 1.55. The van der Waals surface area contributed by atoms with Crippen LogP contribution in [0.25, 0.3) is 0 Å². The highest BCUT2D eigenvalue weighted by atomic mass is 32.2. The summed E-state index contributed by atoms with van der Waals surface area (Å²) in [5, 5.41) is 53.2. The highest BCUT2D eigenvalue weighted by Crippen LogP contribution is 2.40. The molecule has 67 heavy (non-hydrogen) atoms. The first-order chi connectivity index (χ1) is 32.3. The zero-order valence-electron chi connectivity index (χ0n) is 36.6. The average molecular weight is 935 g/mol. The molecule has 5 aromatic rings. The molecule has 0 radical (unpaired) electrons. The smallest absolute Gasteiger partial charge is 0.339 e. The van der Waals surface area contributed by atoms with E-state index >= 15 is 0 Å². The molecule has 0 bridgehead atoms. The number of hydrogen-bond donors (Lipinski definition) is 9. The molecule has 2 atom stereocenters. The quantitative estimate of drug-likeness (QED) is 0.0671. The zero-order chi connectivity index (χ0) is 48.6. The maximum Gasteiger partial charge on any atom is 0.339 e. The summed E-state index contributed by atoms with van der Waals surface area (Å²) in [6, 6.07) is 13.7. The molecule has 22 heteroatoms. The fourth-order valence-electron chi connectivity index (χ4n) is 6.08. The molecule has 3 heterocycles. The lowest BCUT2D eigenvalue weighted by molar-refractivity contribution is -0.115. The van der Waals surface area contributed by atoms with E-state index in [9.17, 15) is 44.1 Å². The van der Waals surface area contributed by atoms with Crippen molar-refractivity contribution < 1.29 is 53.6 Å². The van der Waals surface area contributed by atoms with Gasteiger partial charge in [-0.3, -0.25) is 29.0 Å². The molecule has 1 aliphatic heterocycles. The first kappa shape index (κ1) is 49.5. The third kappa shape index (κ3) is 12.6. The number of fused-ring (bicyclic) bond motifs is 1. The Morgan fingerprint density at radius 3 is 1.97 bits per heavy atom. The van der Waals surface area contributed by atoms with Crippen molar-refractivity contribution in [2.75, 3.05) is 42.0 Å². The Morgan fingerprint density at radius 1 is 0.746 bits per heavy atom. The molecule has 21 nitrogen and oxygen atoms in total. The number of carboxylic acids is 1. The summed E-state index contributed by atoms with van der Waals surface area (Å²) < 4.78 is 10.3. The van der Waals surface area contributed by atoms with Crippen LogP contribution in [0.5, 0.6) is 23.0 Å². The highest BCUT2D eigenvalue weighted by molar-refractivity contribution is 8.13. The fraction of sp³-hybridized carbons (Fsp3) is 0.200. The van der Waals surface area contributed by atoms with Gasteiger partial charge in [-0.1, -0.05) is 39.0 Å². The van der Waals surface area contributed by atoms with Gasteiger partial charge in [0, 0.05) is 16.8 Å². The summed E-state index contributed by atoms with van der Waals surface area (Å²) in [5.74, 6) is -6.37. The fourth-order valence-corrected chi connectivity index (χ4v) is 6.98. The van der Waals surface area contributed by atoms with Crippen molar-refractivity contribution in [3.05, 3.63) is 125 Å². The number of ether oxygens (including phenoxy) is 2. The number of rotatable bonds is 14. The third-order valence-electron chi connectivity index (χ3n) is 9.43. The number of methoxy groups -OCH3 is 2. The molecule has 3 aromatic carbocycles. The number of aromatic nitrogens is 4. The van der Waals surface area contributed by atoms with E-state index in [1.165, 1.54) is 55.8 Å². The van der Waals surface area contributed by atoms with Crippen LogP contribution in [0.15, 0.2) is 102 Å². The number of aromatic hydroxyl groups is 2. The summed E-state index contributed by atoms with van der Waals surface area (Å²) in [6.07, 6.45) is 9.38. The number of hydrogen-bond acceptors (Lipinski definition) is 15. The number of aliphatic imine (C=N–C) groups is 1. The molecule has 9 N–H and O–H groups in total. The summed E-state index contributed by atoms with van der Waals surface area (Å²) in [6.45, 7) is 5.66. The topological polar surface area (TPSA) is 309 Å². The van der Waals surface area contributed by atoms with Gasteiger partial charge in [-0.25, -0.2) is 9.78 Å². The van der Waals surface area contributed by atoms with Gasteiger partial charge in [0.1, 0.15) is 11.3 Å². The van der Waals surface area contributed by atoms with E-state index in [0.29, 0.717) is 11.3 Å². The van der Waals surface area contributed by atoms with Gasteiger partial charge in [0.15, 0.2) is 23.0 Å². The Labute approximate surface area is 387 Å². The van der Waals surface area contributed by atoms with Crippen molar-refractivity contribution in [1.29, 1.82) is 0 Å². The van der Waals surface area contributed by atoms with Crippen molar-refractivity contribution in [2.24, 2.45) is 4.99 Å². The number of pyridine rings is 1. The van der Waals surface area contributed by atoms with Crippen LogP contribution in [-0.2, 0) is 16.0 Å². The van der Waals surface area contributed by atoms with Crippen LogP contribution in [0.1, 0.15) is 68.0 Å². The molecule has 348 valence electrons. The summed E-state index contributed by atoms with van der Waals surface area (Å²) in [4.78, 5) is 83.7. The van der Waals surface area contributed by atoms with Gasteiger partial charge in [-0.05, 0) is 67.1 Å². The number of nitrogens with zero attached hydrogens (tertiary/aromatic N) is 4. The van der Waals surface area contributed by atoms with E-state index in [0.717, 1.165) is 25.3 Å². The number of aromatic amines is 1. The lowest BCUT2D eigenvalue weighted by Crippen LogP contribution is -2.32. The lowest BCUT2D eigenvalue weighted by Gasteiger charge is -2.16. The van der Waals surface area contributed by atoms with Gasteiger partial charge in [-0.15, -0.1) is 11.8 Å². The second-order valence-corrected chi connectivity index (χ2v) is 14.7. The predicted octanol–water partition coefficient (Wildman–Crippen LogP) is 5.42. The number of H-pyrrole nitrogens is 1. The number of carboxylic acid groups (broad SMARTS) is 1. The standard InChI is InChI=1S/C39H33N7O11S.C4H7N3.C2H6/c1-56-33-27(13-9-23(31(33)48)37(52)45-26-14-10-24(39(54)55)32(49)34(26)57-2)46-38(53)28-12-8-22(16-40-28)43-30(47)17-41-35(50)19-3-6-21(7-4-19)44-36(51)20-5-11-25-29(15-20)58-18-42-25;1-2-4-3-5-7-6-4;1-2/h3-16,18,25,29,48-49H,17H2,1-2H3,(H,41,50)(H,43,47)(H,44,51)(H,45,52)(H,46,53)(H,54,55);3H,2H2,1H3,(H,5,6,7);1-2H3. The first-order valence-electron chi connectivity index (χ1n) is 20.3. The molecule has 5 amide bonds. The number of aromatic carboxylic acids is 1. The van der Waals surface area contributed by atoms with Gasteiger partial charge in [0.05, 0.1) is 78.3 Å². The maximum absolute atomic E-state index is 13.1. The van der Waals surface area contributed by atoms with Crippen molar-refractivity contribution in [1.82, 2.24) is 25.7 Å². The Hall–Kier alpha value is -8.53. The Morgan fingerprint density at radius 2 is 1.39 bits per heavy atom. The maximum atomic E-state index is 13.1. The predicted molar refractivity (Wildman–Crippen MR) is 250 cm³/mol. The number of nitrogens with one attached hydrogen (secondary N) is 6. The average Bonchev–Trinajstić information content (AvgIpc) is 4.05. The largest absolute Gasteiger partial charge is 0.504 e. The summed E-state index contributed by atoms with van der Waals surface area (Å²) in [7, 11) is 2.36. The number of thioether (sulfide) groups is 1. The number of phenolic OH excluding ortho intramolecular Hbond substituents is 1. The van der Waals surface area contributed by atoms with Crippen LogP contribution >= 0.6 is 11.8 Å². The Bertz CT molecular complexity index is 2710. The summed E-state index contributed by atoms with van der Waals surface area (Å²) in [5.41, 5.74) is 3.33. The molecule has 2 aliphatic rings. The van der Waals surface area contributed by atoms with Gasteiger partial charge < -0.3 is 51.4 Å². The number of aryl methyl sites for hydroxylation is 1. The van der Waals surface area contributed by atoms with E-state index in [2.05, 4.69) is 52.0 Å². The Balaban J connectivity index is 0.000000844. The molecule has 2 unspecified atom stereocenters. The van der Waals surface area contributed by atoms with E-state index in [1.807, 2.05) is 32.9 Å².